The Bertz CT molecular complexity index is 1080. The molecule has 10 nitrogen and oxygen atoms in total. The molecule has 0 aromatic rings. The van der Waals surface area contributed by atoms with Crippen LogP contribution in [0.3, 0.4) is 0 Å². The van der Waals surface area contributed by atoms with Gasteiger partial charge in [0.1, 0.15) is 0 Å². The van der Waals surface area contributed by atoms with Crippen LogP contribution in [0.2, 0.25) is 0 Å². The van der Waals surface area contributed by atoms with E-state index < -0.39 is 0 Å². The van der Waals surface area contributed by atoms with Crippen molar-refractivity contribution in [1.82, 2.24) is 47.9 Å². The van der Waals surface area contributed by atoms with Gasteiger partial charge in [-0.05, 0) is 120 Å². The van der Waals surface area contributed by atoms with E-state index in [9.17, 15) is 0 Å². The van der Waals surface area contributed by atoms with Gasteiger partial charge in [0, 0.05) is 18.6 Å². The number of nitrogens with one attached hydrogen (secondary N) is 9. The molecule has 4 saturated carbocycles. The molecule has 8 bridgehead atoms. The lowest BCUT2D eigenvalue weighted by atomic mass is 9.74. The highest BCUT2D eigenvalue weighted by Gasteiger charge is 2.55. The quantitative estimate of drug-likeness (QED) is 0.196. The Kier molecular flexibility index (Phi) is 10.1. The van der Waals surface area contributed by atoms with Crippen LogP contribution in [-0.2, 0) is 4.74 Å². The number of hydrogen-bond acceptors (Lipinski definition) is 10. The molecule has 17 unspecified atom stereocenters. The largest absolute Gasteiger partial charge is 0.379 e. The van der Waals surface area contributed by atoms with Gasteiger partial charge in [-0.3, -0.25) is 42.5 Å². The molecule has 5 heterocycles. The van der Waals surface area contributed by atoms with Gasteiger partial charge in [-0.15, -0.1) is 0 Å². The molecule has 5 saturated heterocycles. The van der Waals surface area contributed by atoms with Gasteiger partial charge in [-0.1, -0.05) is 44.9 Å². The van der Waals surface area contributed by atoms with Crippen LogP contribution < -0.4 is 47.9 Å². The van der Waals surface area contributed by atoms with Crippen molar-refractivity contribution in [1.29, 1.82) is 0 Å². The third-order valence-electron chi connectivity index (χ3n) is 15.1. The van der Waals surface area contributed by atoms with Gasteiger partial charge in [0.05, 0.1) is 55.4 Å². The highest BCUT2D eigenvalue weighted by Crippen LogP contribution is 2.45. The summed E-state index contributed by atoms with van der Waals surface area (Å²) in [6.07, 6.45) is 24.6. The zero-order valence-corrected chi connectivity index (χ0v) is 30.0. The van der Waals surface area contributed by atoms with Crippen molar-refractivity contribution >= 4 is 0 Å². The lowest BCUT2D eigenvalue weighted by Crippen LogP contribution is -2.62. The van der Waals surface area contributed by atoms with Crippen LogP contribution in [0, 0.1) is 47.3 Å². The fourth-order valence-corrected chi connectivity index (χ4v) is 13.0. The molecule has 4 aliphatic carbocycles. The zero-order valence-electron chi connectivity index (χ0n) is 30.0. The molecule has 48 heavy (non-hydrogen) atoms. The van der Waals surface area contributed by atoms with Crippen molar-refractivity contribution in [2.45, 2.75) is 178 Å². The third kappa shape index (κ3) is 6.45. The lowest BCUT2D eigenvalue weighted by molar-refractivity contribution is 0.0747. The van der Waals surface area contributed by atoms with E-state index in [-0.39, 0.29) is 0 Å². The predicted octanol–water partition coefficient (Wildman–Crippen LogP) is 2.99. The Hall–Kier alpha value is -0.400. The minimum absolute atomic E-state index is 0.304. The summed E-state index contributed by atoms with van der Waals surface area (Å²) in [4.78, 5) is 0. The van der Waals surface area contributed by atoms with Gasteiger partial charge >= 0.3 is 0 Å². The highest BCUT2D eigenvalue weighted by molar-refractivity contribution is 5.09. The Morgan fingerprint density at radius 1 is 0.458 bits per heavy atom. The van der Waals surface area contributed by atoms with Crippen LogP contribution >= 0.6 is 0 Å². The Morgan fingerprint density at radius 3 is 1.21 bits per heavy atom. The maximum Gasteiger partial charge on any atom is 0.0643 e. The highest BCUT2D eigenvalue weighted by atomic mass is 16.5. The van der Waals surface area contributed by atoms with Crippen LogP contribution in [0.25, 0.3) is 0 Å². The molecule has 0 spiro atoms. The van der Waals surface area contributed by atoms with Gasteiger partial charge in [0.15, 0.2) is 0 Å². The summed E-state index contributed by atoms with van der Waals surface area (Å²) >= 11 is 0. The van der Waals surface area contributed by atoms with Crippen molar-refractivity contribution in [2.75, 3.05) is 13.2 Å². The lowest BCUT2D eigenvalue weighted by Gasteiger charge is -2.40. The zero-order chi connectivity index (χ0) is 32.2. The topological polar surface area (TPSA) is 118 Å². The standard InChI is InChI=1S/C38H69N9O/c1-21(2)48-20-10-19-39-29-18-9-17-28-30(29)38-46-36-27-16-8-7-15-26(27)34(44-36)42-32-23-12-4-3-11-22(23)31(40-32)41-33-24-13-5-6-14-25(24)35(43-33)45-37(28)47-38/h21-47H,3-20H2,1-2H3. The first-order valence-corrected chi connectivity index (χ1v) is 21.0. The Labute approximate surface area is 290 Å². The van der Waals surface area contributed by atoms with Crippen LogP contribution in [0.15, 0.2) is 0 Å². The monoisotopic (exact) mass is 668 g/mol. The first-order valence-electron chi connectivity index (χ1n) is 21.0. The van der Waals surface area contributed by atoms with E-state index in [1.54, 1.807) is 0 Å². The summed E-state index contributed by atoms with van der Waals surface area (Å²) < 4.78 is 5.91. The molecule has 10 heteroatoms. The van der Waals surface area contributed by atoms with Crippen molar-refractivity contribution in [3.63, 3.8) is 0 Å². The van der Waals surface area contributed by atoms with E-state index in [1.807, 2.05) is 0 Å². The minimum atomic E-state index is 0.304. The van der Waals surface area contributed by atoms with Crippen LogP contribution in [0.1, 0.15) is 117 Å². The van der Waals surface area contributed by atoms with E-state index in [0.29, 0.717) is 97.0 Å². The summed E-state index contributed by atoms with van der Waals surface area (Å²) in [6.45, 7) is 6.18. The summed E-state index contributed by atoms with van der Waals surface area (Å²) in [5, 5.41) is 38.3. The van der Waals surface area contributed by atoms with Gasteiger partial charge in [0.2, 0.25) is 0 Å². The van der Waals surface area contributed by atoms with Crippen molar-refractivity contribution in [3.8, 4) is 0 Å². The molecular formula is C38H69N9O. The second-order valence-electron chi connectivity index (χ2n) is 18.0. The molecular weight excluding hydrogens is 598 g/mol. The van der Waals surface area contributed by atoms with Crippen LogP contribution in [0.4, 0.5) is 0 Å². The molecule has 0 aromatic heterocycles. The summed E-state index contributed by atoms with van der Waals surface area (Å²) in [5.74, 6) is 5.47. The summed E-state index contributed by atoms with van der Waals surface area (Å²) in [7, 11) is 0. The van der Waals surface area contributed by atoms with E-state index in [2.05, 4.69) is 61.7 Å². The Morgan fingerprint density at radius 2 is 0.812 bits per heavy atom. The Balaban J connectivity index is 1.01. The molecule has 0 amide bonds. The van der Waals surface area contributed by atoms with Crippen LogP contribution in [-0.4, -0.2) is 74.6 Å². The smallest absolute Gasteiger partial charge is 0.0643 e. The number of rotatable bonds is 6. The third-order valence-corrected chi connectivity index (χ3v) is 15.1. The predicted molar refractivity (Wildman–Crippen MR) is 190 cm³/mol. The fourth-order valence-electron chi connectivity index (χ4n) is 13.0. The maximum atomic E-state index is 5.91. The summed E-state index contributed by atoms with van der Waals surface area (Å²) in [6, 6.07) is 0.538. The molecule has 0 aromatic carbocycles. The average Bonchev–Trinajstić information content (AvgIpc) is 3.84. The fraction of sp³-hybridized carbons (Fsp3) is 1.00. The SMILES string of the molecule is CC(C)OCCCNC1CCCC2C3NC4NC(NC5NC(NC6NC(NC(N3)C12)C1CCCCC61)C1CCCCC51)C1CCCCC41. The molecule has 9 aliphatic rings. The summed E-state index contributed by atoms with van der Waals surface area (Å²) in [5.41, 5.74) is 0. The van der Waals surface area contributed by atoms with E-state index in [4.69, 9.17) is 4.74 Å². The molecule has 272 valence electrons. The maximum absolute atomic E-state index is 5.91. The van der Waals surface area contributed by atoms with E-state index >= 15 is 0 Å². The molecule has 0 radical (unpaired) electrons. The number of ether oxygens (including phenoxy) is 1. The van der Waals surface area contributed by atoms with Crippen molar-refractivity contribution in [2.24, 2.45) is 47.3 Å². The van der Waals surface area contributed by atoms with Crippen LogP contribution in [0.5, 0.6) is 0 Å². The molecule has 9 fully saturated rings. The molecule has 17 atom stereocenters. The van der Waals surface area contributed by atoms with Gasteiger partial charge < -0.3 is 10.1 Å². The van der Waals surface area contributed by atoms with Gasteiger partial charge in [0.25, 0.3) is 0 Å². The normalized spacial score (nSPS) is 51.7. The average molecular weight is 668 g/mol. The first-order chi connectivity index (χ1) is 23.6. The second kappa shape index (κ2) is 14.6. The van der Waals surface area contributed by atoms with Crippen molar-refractivity contribution in [3.05, 3.63) is 0 Å². The molecule has 9 rings (SSSR count). The number of fused-ring (bicyclic) bond motifs is 20. The second-order valence-corrected chi connectivity index (χ2v) is 18.0. The van der Waals surface area contributed by atoms with Crippen molar-refractivity contribution < 1.29 is 4.74 Å². The minimum Gasteiger partial charge on any atom is -0.379 e. The first kappa shape index (κ1) is 33.4. The van der Waals surface area contributed by atoms with E-state index in [0.717, 1.165) is 31.4 Å². The van der Waals surface area contributed by atoms with Gasteiger partial charge in [-0.25, -0.2) is 0 Å². The van der Waals surface area contributed by atoms with E-state index in [1.165, 1.54) is 96.3 Å². The van der Waals surface area contributed by atoms with Gasteiger partial charge in [-0.2, -0.15) is 0 Å². The molecule has 9 N–H and O–H groups in total. The molecule has 5 aliphatic heterocycles. The number of hydrogen-bond donors (Lipinski definition) is 9.